The second-order valence-electron chi connectivity index (χ2n) is 7.93. The van der Waals surface area contributed by atoms with Gasteiger partial charge < -0.3 is 14.8 Å². The molecule has 3 aromatic rings. The first-order valence-electron chi connectivity index (χ1n) is 11.1. The Balaban J connectivity index is 1.43. The molecule has 0 saturated heterocycles. The number of hydrogen-bond donors (Lipinski definition) is 1. The Morgan fingerprint density at radius 1 is 1.00 bits per heavy atom. The van der Waals surface area contributed by atoms with Gasteiger partial charge in [-0.1, -0.05) is 66.7 Å². The van der Waals surface area contributed by atoms with Gasteiger partial charge in [-0.15, -0.1) is 0 Å². The Morgan fingerprint density at radius 2 is 1.65 bits per heavy atom. The Morgan fingerprint density at radius 3 is 2.35 bits per heavy atom. The molecule has 7 heteroatoms. The minimum absolute atomic E-state index is 0.138. The maximum atomic E-state index is 12.9. The fourth-order valence-corrected chi connectivity index (χ4v) is 3.84. The van der Waals surface area contributed by atoms with E-state index in [9.17, 15) is 9.59 Å². The topological polar surface area (TPSA) is 80.2 Å². The summed E-state index contributed by atoms with van der Waals surface area (Å²) in [5.74, 6) is -0.308. The monoisotopic (exact) mass is 457 g/mol. The van der Waals surface area contributed by atoms with E-state index in [4.69, 9.17) is 9.47 Å². The van der Waals surface area contributed by atoms with Gasteiger partial charge in [0.15, 0.2) is 6.10 Å². The predicted octanol–water partition coefficient (Wildman–Crippen LogP) is 4.25. The van der Waals surface area contributed by atoms with E-state index in [0.717, 1.165) is 16.8 Å². The van der Waals surface area contributed by atoms with Crippen LogP contribution in [0.15, 0.2) is 90.0 Å². The Labute approximate surface area is 199 Å². The lowest BCUT2D eigenvalue weighted by atomic mass is 10.0. The number of hydrazone groups is 1. The van der Waals surface area contributed by atoms with Gasteiger partial charge in [-0.3, -0.25) is 9.80 Å². The van der Waals surface area contributed by atoms with Gasteiger partial charge >= 0.3 is 5.97 Å². The van der Waals surface area contributed by atoms with Crippen molar-refractivity contribution in [2.75, 3.05) is 12.1 Å². The maximum absolute atomic E-state index is 12.9. The largest absolute Gasteiger partial charge is 0.496 e. The molecule has 1 amide bonds. The standard InChI is InChI=1S/C27H27N3O4/c1-19(26(31)28-18-21-13-9-10-16-25(21)33-2)34-27(32)23-17-24(20-11-5-3-6-12-20)30(29-23)22-14-7-4-8-15-22/h3-16,19,24H,17-18H2,1-2H3,(H,28,31). The summed E-state index contributed by atoms with van der Waals surface area (Å²) in [6.07, 6.45) is -0.585. The first-order valence-corrected chi connectivity index (χ1v) is 11.1. The number of esters is 1. The Kier molecular flexibility index (Phi) is 7.22. The lowest BCUT2D eigenvalue weighted by Crippen LogP contribution is -2.36. The van der Waals surface area contributed by atoms with Gasteiger partial charge in [0, 0.05) is 18.5 Å². The number of ether oxygens (including phenoxy) is 2. The van der Waals surface area contributed by atoms with Gasteiger partial charge in [0.05, 0.1) is 18.8 Å². The van der Waals surface area contributed by atoms with Gasteiger partial charge in [-0.05, 0) is 30.7 Å². The zero-order valence-corrected chi connectivity index (χ0v) is 19.2. The molecule has 1 aliphatic heterocycles. The molecule has 0 spiro atoms. The average Bonchev–Trinajstić information content (AvgIpc) is 3.34. The molecule has 1 N–H and O–H groups in total. The van der Waals surface area contributed by atoms with Crippen molar-refractivity contribution in [1.29, 1.82) is 0 Å². The molecule has 2 unspecified atom stereocenters. The van der Waals surface area contributed by atoms with Gasteiger partial charge in [0.1, 0.15) is 11.5 Å². The molecule has 0 radical (unpaired) electrons. The van der Waals surface area contributed by atoms with Crippen LogP contribution >= 0.6 is 0 Å². The van der Waals surface area contributed by atoms with Crippen LogP contribution < -0.4 is 15.1 Å². The van der Waals surface area contributed by atoms with Crippen LogP contribution in [0.2, 0.25) is 0 Å². The van der Waals surface area contributed by atoms with Crippen LogP contribution in [0.3, 0.4) is 0 Å². The fraction of sp³-hybridized carbons (Fsp3) is 0.222. The van der Waals surface area contributed by atoms with E-state index in [2.05, 4.69) is 10.4 Å². The Hall–Kier alpha value is -4.13. The summed E-state index contributed by atoms with van der Waals surface area (Å²) >= 11 is 0. The summed E-state index contributed by atoms with van der Waals surface area (Å²) < 4.78 is 10.8. The van der Waals surface area contributed by atoms with Crippen LogP contribution in [0.4, 0.5) is 5.69 Å². The molecule has 4 rings (SSSR count). The number of anilines is 1. The summed E-state index contributed by atoms with van der Waals surface area (Å²) in [5, 5.41) is 9.20. The number of para-hydroxylation sites is 2. The zero-order chi connectivity index (χ0) is 23.9. The molecular formula is C27H27N3O4. The molecule has 3 aromatic carbocycles. The predicted molar refractivity (Wildman–Crippen MR) is 131 cm³/mol. The molecule has 1 heterocycles. The number of carbonyl (C=O) groups excluding carboxylic acids is 2. The SMILES string of the molecule is COc1ccccc1CNC(=O)C(C)OC(=O)C1=NN(c2ccccc2)C(c2ccccc2)C1. The van der Waals surface area contributed by atoms with Crippen LogP contribution in [0.1, 0.15) is 30.5 Å². The maximum Gasteiger partial charge on any atom is 0.355 e. The van der Waals surface area contributed by atoms with Crippen molar-refractivity contribution in [1.82, 2.24) is 5.32 Å². The van der Waals surface area contributed by atoms with Gasteiger partial charge in [-0.2, -0.15) is 5.10 Å². The summed E-state index contributed by atoms with van der Waals surface area (Å²) in [6.45, 7) is 1.82. The average molecular weight is 458 g/mol. The minimum Gasteiger partial charge on any atom is -0.496 e. The molecule has 34 heavy (non-hydrogen) atoms. The molecule has 0 saturated carbocycles. The zero-order valence-electron chi connectivity index (χ0n) is 19.2. The highest BCUT2D eigenvalue weighted by atomic mass is 16.5. The summed E-state index contributed by atoms with van der Waals surface area (Å²) in [7, 11) is 1.58. The van der Waals surface area contributed by atoms with Crippen LogP contribution in [0, 0.1) is 0 Å². The van der Waals surface area contributed by atoms with Gasteiger partial charge in [0.2, 0.25) is 0 Å². The van der Waals surface area contributed by atoms with Crippen molar-refractivity contribution in [2.24, 2.45) is 5.10 Å². The van der Waals surface area contributed by atoms with Crippen LogP contribution in [0.25, 0.3) is 0 Å². The first kappa shape index (κ1) is 23.0. The summed E-state index contributed by atoms with van der Waals surface area (Å²) in [6, 6.07) is 26.9. The van der Waals surface area contributed by atoms with Crippen molar-refractivity contribution in [3.8, 4) is 5.75 Å². The lowest BCUT2D eigenvalue weighted by Gasteiger charge is -2.23. The quantitative estimate of drug-likeness (QED) is 0.512. The van der Waals surface area contributed by atoms with E-state index in [1.54, 1.807) is 14.0 Å². The van der Waals surface area contributed by atoms with Gasteiger partial charge in [-0.25, -0.2) is 4.79 Å². The second-order valence-corrected chi connectivity index (χ2v) is 7.93. The highest BCUT2D eigenvalue weighted by Crippen LogP contribution is 2.35. The van der Waals surface area contributed by atoms with Crippen molar-refractivity contribution in [3.63, 3.8) is 0 Å². The van der Waals surface area contributed by atoms with Crippen molar-refractivity contribution in [3.05, 3.63) is 96.1 Å². The van der Waals surface area contributed by atoms with Gasteiger partial charge in [0.25, 0.3) is 5.91 Å². The molecule has 0 aromatic heterocycles. The van der Waals surface area contributed by atoms with Crippen LogP contribution in [0.5, 0.6) is 5.75 Å². The molecule has 0 fully saturated rings. The number of methoxy groups -OCH3 is 1. The first-order chi connectivity index (χ1) is 16.6. The summed E-state index contributed by atoms with van der Waals surface area (Å²) in [4.78, 5) is 25.5. The molecule has 7 nitrogen and oxygen atoms in total. The number of hydrogen-bond acceptors (Lipinski definition) is 6. The molecular weight excluding hydrogens is 430 g/mol. The fourth-order valence-electron chi connectivity index (χ4n) is 3.84. The van der Waals surface area contributed by atoms with Crippen LogP contribution in [-0.2, 0) is 20.9 Å². The molecule has 2 atom stereocenters. The number of benzene rings is 3. The van der Waals surface area contributed by atoms with Crippen molar-refractivity contribution in [2.45, 2.75) is 32.0 Å². The Bertz CT molecular complexity index is 1160. The van der Waals surface area contributed by atoms with Crippen molar-refractivity contribution < 1.29 is 19.1 Å². The lowest BCUT2D eigenvalue weighted by molar-refractivity contribution is -0.148. The molecule has 0 bridgehead atoms. The molecule has 1 aliphatic rings. The third kappa shape index (κ3) is 5.26. The minimum atomic E-state index is -0.967. The van der Waals surface area contributed by atoms with E-state index in [-0.39, 0.29) is 18.3 Å². The third-order valence-electron chi connectivity index (χ3n) is 5.65. The van der Waals surface area contributed by atoms with Crippen LogP contribution in [-0.4, -0.2) is 30.8 Å². The number of carbonyl (C=O) groups is 2. The molecule has 0 aliphatic carbocycles. The third-order valence-corrected chi connectivity index (χ3v) is 5.65. The normalized spacial score (nSPS) is 15.9. The molecule has 174 valence electrons. The van der Waals surface area contributed by atoms with Crippen molar-refractivity contribution >= 4 is 23.3 Å². The smallest absolute Gasteiger partial charge is 0.355 e. The van der Waals surface area contributed by atoms with E-state index in [1.165, 1.54) is 0 Å². The van der Waals surface area contributed by atoms with E-state index in [1.807, 2.05) is 89.9 Å². The second kappa shape index (κ2) is 10.7. The number of nitrogens with zero attached hydrogens (tertiary/aromatic N) is 2. The summed E-state index contributed by atoms with van der Waals surface area (Å²) in [5.41, 5.74) is 3.03. The van der Waals surface area contributed by atoms with E-state index >= 15 is 0 Å². The number of rotatable bonds is 8. The number of amides is 1. The van der Waals surface area contributed by atoms with E-state index in [0.29, 0.717) is 12.2 Å². The number of nitrogens with one attached hydrogen (secondary N) is 1. The highest BCUT2D eigenvalue weighted by Gasteiger charge is 2.34. The highest BCUT2D eigenvalue weighted by molar-refractivity contribution is 6.37. The van der Waals surface area contributed by atoms with E-state index < -0.39 is 18.0 Å².